The van der Waals surface area contributed by atoms with Gasteiger partial charge in [0.2, 0.25) is 0 Å². The van der Waals surface area contributed by atoms with Gasteiger partial charge in [-0.1, -0.05) is 15.9 Å². The van der Waals surface area contributed by atoms with E-state index in [-0.39, 0.29) is 24.6 Å². The molecule has 0 aliphatic heterocycles. The Hall–Kier alpha value is -1.36. The number of carbonyl (C=O) groups excluding carboxylic acids is 2. The predicted molar refractivity (Wildman–Crippen MR) is 79.9 cm³/mol. The summed E-state index contributed by atoms with van der Waals surface area (Å²) in [6.07, 6.45) is 1.43. The molecule has 0 aliphatic carbocycles. The number of hydrogen-bond acceptors (Lipinski definition) is 4. The summed E-state index contributed by atoms with van der Waals surface area (Å²) in [7, 11) is 1.61. The molecule has 20 heavy (non-hydrogen) atoms. The molecule has 1 rings (SSSR count). The van der Waals surface area contributed by atoms with Crippen molar-refractivity contribution in [1.82, 2.24) is 0 Å². The van der Waals surface area contributed by atoms with Crippen LogP contribution in [-0.2, 0) is 20.7 Å². The topological polar surface area (TPSA) is 52.6 Å². The molecule has 0 aliphatic rings. The molecule has 0 radical (unpaired) electrons. The van der Waals surface area contributed by atoms with Crippen LogP contribution in [0.4, 0.5) is 0 Å². The van der Waals surface area contributed by atoms with Gasteiger partial charge in [0, 0.05) is 17.3 Å². The van der Waals surface area contributed by atoms with Crippen LogP contribution in [0.25, 0.3) is 0 Å². The maximum atomic E-state index is 11.7. The number of rotatable bonds is 8. The van der Waals surface area contributed by atoms with Crippen molar-refractivity contribution in [3.05, 3.63) is 28.2 Å². The second-order valence-corrected chi connectivity index (χ2v) is 5.16. The Balaban J connectivity index is 2.42. The lowest BCUT2D eigenvalue weighted by Crippen LogP contribution is -2.08. The van der Waals surface area contributed by atoms with E-state index in [4.69, 9.17) is 9.47 Å². The van der Waals surface area contributed by atoms with Gasteiger partial charge >= 0.3 is 5.97 Å². The number of esters is 1. The highest BCUT2D eigenvalue weighted by molar-refractivity contribution is 9.10. The second kappa shape index (κ2) is 8.74. The summed E-state index contributed by atoms with van der Waals surface area (Å²) in [6.45, 7) is 2.10. The van der Waals surface area contributed by atoms with Gasteiger partial charge in [-0.25, -0.2) is 0 Å². The van der Waals surface area contributed by atoms with E-state index in [0.717, 1.165) is 15.8 Å². The summed E-state index contributed by atoms with van der Waals surface area (Å²) in [5, 5.41) is 0. The first kappa shape index (κ1) is 16.7. The third kappa shape index (κ3) is 5.74. The Morgan fingerprint density at radius 3 is 2.60 bits per heavy atom. The van der Waals surface area contributed by atoms with Crippen LogP contribution in [0.5, 0.6) is 5.75 Å². The third-order valence-electron chi connectivity index (χ3n) is 2.84. The second-order valence-electron chi connectivity index (χ2n) is 4.30. The van der Waals surface area contributed by atoms with Crippen molar-refractivity contribution in [3.8, 4) is 5.75 Å². The summed E-state index contributed by atoms with van der Waals surface area (Å²) in [5.41, 5.74) is 1.02. The molecule has 110 valence electrons. The van der Waals surface area contributed by atoms with E-state index in [1.807, 2.05) is 18.2 Å². The lowest BCUT2D eigenvalue weighted by molar-refractivity contribution is -0.144. The van der Waals surface area contributed by atoms with Crippen molar-refractivity contribution in [2.45, 2.75) is 32.6 Å². The van der Waals surface area contributed by atoms with Gasteiger partial charge in [0.05, 0.1) is 20.1 Å². The van der Waals surface area contributed by atoms with Crippen LogP contribution in [0, 0.1) is 0 Å². The monoisotopic (exact) mass is 342 g/mol. The molecule has 0 bridgehead atoms. The highest BCUT2D eigenvalue weighted by Gasteiger charge is 2.09. The zero-order valence-corrected chi connectivity index (χ0v) is 13.4. The Morgan fingerprint density at radius 1 is 1.20 bits per heavy atom. The summed E-state index contributed by atoms with van der Waals surface area (Å²) < 4.78 is 10.9. The first-order valence-electron chi connectivity index (χ1n) is 6.56. The van der Waals surface area contributed by atoms with E-state index < -0.39 is 0 Å². The molecule has 0 amide bonds. The SMILES string of the molecule is CCOC(=O)CCC(=O)CCc1cc(OC)ccc1Br. The van der Waals surface area contributed by atoms with Gasteiger partial charge in [-0.15, -0.1) is 0 Å². The molecule has 4 nitrogen and oxygen atoms in total. The molecular weight excluding hydrogens is 324 g/mol. The van der Waals surface area contributed by atoms with Gasteiger partial charge < -0.3 is 9.47 Å². The zero-order chi connectivity index (χ0) is 15.0. The maximum Gasteiger partial charge on any atom is 0.306 e. The molecule has 1 aromatic rings. The number of hydrogen-bond donors (Lipinski definition) is 0. The molecular formula is C15H19BrO4. The van der Waals surface area contributed by atoms with E-state index in [1.165, 1.54) is 0 Å². The average Bonchev–Trinajstić information content (AvgIpc) is 2.44. The number of Topliss-reactive ketones (excluding diaryl/α,β-unsaturated/α-hetero) is 1. The molecule has 0 saturated carbocycles. The summed E-state index contributed by atoms with van der Waals surface area (Å²) in [4.78, 5) is 22.9. The Labute approximate surface area is 127 Å². The standard InChI is InChI=1S/C15H19BrO4/c1-3-20-15(18)9-6-12(17)5-4-11-10-13(19-2)7-8-14(11)16/h7-8,10H,3-6,9H2,1-2H3. The van der Waals surface area contributed by atoms with Gasteiger partial charge in [-0.05, 0) is 37.1 Å². The minimum absolute atomic E-state index is 0.0628. The minimum atomic E-state index is -0.316. The lowest BCUT2D eigenvalue weighted by Gasteiger charge is -2.07. The van der Waals surface area contributed by atoms with Crippen molar-refractivity contribution >= 4 is 27.7 Å². The van der Waals surface area contributed by atoms with Crippen LogP contribution >= 0.6 is 15.9 Å². The Kier molecular flexibility index (Phi) is 7.30. The number of ether oxygens (including phenoxy) is 2. The lowest BCUT2D eigenvalue weighted by atomic mass is 10.0. The number of methoxy groups -OCH3 is 1. The quantitative estimate of drug-likeness (QED) is 0.680. The van der Waals surface area contributed by atoms with E-state index in [9.17, 15) is 9.59 Å². The van der Waals surface area contributed by atoms with Gasteiger partial charge in [-0.3, -0.25) is 9.59 Å². The van der Waals surface area contributed by atoms with Crippen molar-refractivity contribution in [1.29, 1.82) is 0 Å². The fourth-order valence-electron chi connectivity index (χ4n) is 1.74. The van der Waals surface area contributed by atoms with Crippen molar-refractivity contribution in [2.24, 2.45) is 0 Å². The first-order chi connectivity index (χ1) is 9.56. The molecule has 0 spiro atoms. The minimum Gasteiger partial charge on any atom is -0.497 e. The molecule has 0 unspecified atom stereocenters. The van der Waals surface area contributed by atoms with Crippen LogP contribution in [0.1, 0.15) is 31.7 Å². The third-order valence-corrected chi connectivity index (χ3v) is 3.61. The highest BCUT2D eigenvalue weighted by atomic mass is 79.9. The molecule has 0 aromatic heterocycles. The van der Waals surface area contributed by atoms with Crippen LogP contribution in [0.15, 0.2) is 22.7 Å². The van der Waals surface area contributed by atoms with Crippen molar-refractivity contribution in [3.63, 3.8) is 0 Å². The number of ketones is 1. The highest BCUT2D eigenvalue weighted by Crippen LogP contribution is 2.23. The molecule has 1 aromatic carbocycles. The largest absolute Gasteiger partial charge is 0.497 e. The first-order valence-corrected chi connectivity index (χ1v) is 7.35. The summed E-state index contributed by atoms with van der Waals surface area (Å²) in [6, 6.07) is 5.66. The van der Waals surface area contributed by atoms with Crippen LogP contribution in [-0.4, -0.2) is 25.5 Å². The number of halogens is 1. The molecule has 0 heterocycles. The van der Waals surface area contributed by atoms with Crippen LogP contribution in [0.2, 0.25) is 0 Å². The van der Waals surface area contributed by atoms with Crippen molar-refractivity contribution in [2.75, 3.05) is 13.7 Å². The average molecular weight is 343 g/mol. The van der Waals surface area contributed by atoms with Gasteiger partial charge in [0.1, 0.15) is 11.5 Å². The smallest absolute Gasteiger partial charge is 0.306 e. The zero-order valence-electron chi connectivity index (χ0n) is 11.8. The maximum absolute atomic E-state index is 11.7. The summed E-state index contributed by atoms with van der Waals surface area (Å²) in [5.74, 6) is 0.512. The van der Waals surface area contributed by atoms with E-state index in [2.05, 4.69) is 15.9 Å². The Morgan fingerprint density at radius 2 is 1.95 bits per heavy atom. The van der Waals surface area contributed by atoms with Gasteiger partial charge in [0.25, 0.3) is 0 Å². The van der Waals surface area contributed by atoms with Crippen LogP contribution in [0.3, 0.4) is 0 Å². The van der Waals surface area contributed by atoms with Crippen LogP contribution < -0.4 is 4.74 Å². The van der Waals surface area contributed by atoms with Gasteiger partial charge in [-0.2, -0.15) is 0 Å². The molecule has 0 saturated heterocycles. The molecule has 0 fully saturated rings. The molecule has 5 heteroatoms. The van der Waals surface area contributed by atoms with Crippen molar-refractivity contribution < 1.29 is 19.1 Å². The number of aryl methyl sites for hydroxylation is 1. The molecule has 0 N–H and O–H groups in total. The van der Waals surface area contributed by atoms with E-state index in [0.29, 0.717) is 19.4 Å². The van der Waals surface area contributed by atoms with E-state index in [1.54, 1.807) is 14.0 Å². The molecule has 0 atom stereocenters. The van der Waals surface area contributed by atoms with Gasteiger partial charge in [0.15, 0.2) is 0 Å². The number of carbonyl (C=O) groups is 2. The Bertz CT molecular complexity index is 471. The fraction of sp³-hybridized carbons (Fsp3) is 0.467. The number of benzene rings is 1. The summed E-state index contributed by atoms with van der Waals surface area (Å²) >= 11 is 3.45. The predicted octanol–water partition coefficient (Wildman–Crippen LogP) is 3.30. The van der Waals surface area contributed by atoms with E-state index >= 15 is 0 Å². The fourth-order valence-corrected chi connectivity index (χ4v) is 2.19. The normalized spacial score (nSPS) is 10.2.